The molecule has 1 aliphatic heterocycles. The molecular weight excluding hydrogens is 628 g/mol. The standard InChI is InChI=1S/C38H32N2O7S/c1-45-34(42)28-29(35(43)46-2)38(26-20-12-6-13-21-26,27-22-14-7-15-23-27)40(31(28)36(44)47-3)37-39-30(24-16-8-4-9-17-24)33(48-37)32(41)25-18-10-5-11-19-25/h4-23,28-29,31H,1-3H3/t28-,29-,31+/m0/s1. The van der Waals surface area contributed by atoms with Gasteiger partial charge in [0.1, 0.15) is 28.3 Å². The van der Waals surface area contributed by atoms with Crippen molar-refractivity contribution in [2.24, 2.45) is 11.8 Å². The van der Waals surface area contributed by atoms with Gasteiger partial charge in [0, 0.05) is 11.1 Å². The number of carbonyl (C=O) groups excluding carboxylic acids is 4. The lowest BCUT2D eigenvalue weighted by Crippen LogP contribution is -2.52. The molecule has 0 radical (unpaired) electrons. The van der Waals surface area contributed by atoms with Crippen LogP contribution in [0.1, 0.15) is 26.4 Å². The van der Waals surface area contributed by atoms with Crippen LogP contribution in [0.25, 0.3) is 11.3 Å². The Bertz CT molecular complexity index is 1890. The molecule has 0 aliphatic carbocycles. The molecule has 0 amide bonds. The molecule has 0 saturated carbocycles. The maximum atomic E-state index is 14.2. The number of rotatable bonds is 9. The summed E-state index contributed by atoms with van der Waals surface area (Å²) in [7, 11) is 3.66. The van der Waals surface area contributed by atoms with Crippen LogP contribution in [0.15, 0.2) is 121 Å². The van der Waals surface area contributed by atoms with Crippen LogP contribution in [0.4, 0.5) is 5.13 Å². The Kier molecular flexibility index (Phi) is 9.18. The summed E-state index contributed by atoms with van der Waals surface area (Å²) in [6, 6.07) is 34.9. The first-order chi connectivity index (χ1) is 23.4. The fourth-order valence-electron chi connectivity index (χ4n) is 6.73. The number of ether oxygens (including phenoxy) is 3. The molecule has 0 bridgehead atoms. The second-order valence-corrected chi connectivity index (χ2v) is 12.1. The van der Waals surface area contributed by atoms with Crippen LogP contribution in [-0.2, 0) is 34.1 Å². The maximum Gasteiger partial charge on any atom is 0.329 e. The van der Waals surface area contributed by atoms with Crippen LogP contribution in [0.2, 0.25) is 0 Å². The predicted octanol–water partition coefficient (Wildman–Crippen LogP) is 5.92. The summed E-state index contributed by atoms with van der Waals surface area (Å²) in [5.41, 5.74) is 1.12. The first kappa shape index (κ1) is 32.3. The van der Waals surface area contributed by atoms with Crippen LogP contribution < -0.4 is 4.90 Å². The number of esters is 3. The molecule has 6 rings (SSSR count). The van der Waals surface area contributed by atoms with Gasteiger partial charge in [-0.15, -0.1) is 0 Å². The number of anilines is 1. The lowest BCUT2D eigenvalue weighted by atomic mass is 9.70. The van der Waals surface area contributed by atoms with Gasteiger partial charge in [-0.25, -0.2) is 9.78 Å². The number of thiazole rings is 1. The van der Waals surface area contributed by atoms with E-state index in [1.54, 1.807) is 29.2 Å². The van der Waals surface area contributed by atoms with Gasteiger partial charge in [0.05, 0.1) is 27.0 Å². The fourth-order valence-corrected chi connectivity index (χ4v) is 7.87. The summed E-state index contributed by atoms with van der Waals surface area (Å²) in [6.45, 7) is 0. The highest BCUT2D eigenvalue weighted by Gasteiger charge is 2.69. The average molecular weight is 661 g/mol. The summed E-state index contributed by atoms with van der Waals surface area (Å²) in [5.74, 6) is -5.32. The molecule has 1 fully saturated rings. The number of aromatic nitrogens is 1. The first-order valence-corrected chi connectivity index (χ1v) is 16.0. The average Bonchev–Trinajstić information content (AvgIpc) is 3.73. The van der Waals surface area contributed by atoms with Gasteiger partial charge in [-0.3, -0.25) is 14.4 Å². The molecule has 0 spiro atoms. The summed E-state index contributed by atoms with van der Waals surface area (Å²) >= 11 is 1.07. The molecule has 2 heterocycles. The fraction of sp³-hybridized carbons (Fsp3) is 0.184. The van der Waals surface area contributed by atoms with E-state index in [4.69, 9.17) is 19.2 Å². The van der Waals surface area contributed by atoms with Gasteiger partial charge in [-0.2, -0.15) is 0 Å². The highest BCUT2D eigenvalue weighted by Crippen LogP contribution is 2.57. The third kappa shape index (κ3) is 5.33. The van der Waals surface area contributed by atoms with Gasteiger partial charge in [0.15, 0.2) is 5.13 Å². The minimum atomic E-state index is -1.56. The number of methoxy groups -OCH3 is 3. The predicted molar refractivity (Wildman–Crippen MR) is 180 cm³/mol. The molecule has 0 unspecified atom stereocenters. The third-order valence-electron chi connectivity index (χ3n) is 8.72. The Morgan fingerprint density at radius 1 is 0.646 bits per heavy atom. The topological polar surface area (TPSA) is 112 Å². The van der Waals surface area contributed by atoms with E-state index in [-0.39, 0.29) is 10.9 Å². The van der Waals surface area contributed by atoms with Crippen molar-refractivity contribution in [3.63, 3.8) is 0 Å². The lowest BCUT2D eigenvalue weighted by Gasteiger charge is -2.43. The molecule has 242 valence electrons. The zero-order valence-electron chi connectivity index (χ0n) is 26.4. The van der Waals surface area contributed by atoms with Crippen molar-refractivity contribution in [1.29, 1.82) is 0 Å². The number of hydrogen-bond acceptors (Lipinski definition) is 10. The minimum absolute atomic E-state index is 0.219. The SMILES string of the molecule is COC(=O)[C@H]1[C@@H](C(=O)OC)C(c2ccccc2)(c2ccccc2)N(c2nc(-c3ccccc3)c(C(=O)c3ccccc3)s2)[C@H]1C(=O)OC. The van der Waals surface area contributed by atoms with Crippen molar-refractivity contribution in [3.8, 4) is 11.3 Å². The number of ketones is 1. The van der Waals surface area contributed by atoms with E-state index in [2.05, 4.69) is 0 Å². The number of carbonyl (C=O) groups is 4. The number of nitrogens with zero attached hydrogens (tertiary/aromatic N) is 2. The molecule has 4 aromatic carbocycles. The van der Waals surface area contributed by atoms with Crippen molar-refractivity contribution in [1.82, 2.24) is 4.98 Å². The van der Waals surface area contributed by atoms with Crippen LogP contribution in [0.5, 0.6) is 0 Å². The van der Waals surface area contributed by atoms with E-state index in [1.165, 1.54) is 21.3 Å². The quantitative estimate of drug-likeness (QED) is 0.108. The van der Waals surface area contributed by atoms with E-state index in [0.29, 0.717) is 32.8 Å². The normalized spacial score (nSPS) is 18.1. The van der Waals surface area contributed by atoms with Gasteiger partial charge in [0.25, 0.3) is 0 Å². The van der Waals surface area contributed by atoms with Crippen LogP contribution in [0.3, 0.4) is 0 Å². The van der Waals surface area contributed by atoms with E-state index < -0.39 is 41.3 Å². The Morgan fingerprint density at radius 2 is 1.12 bits per heavy atom. The van der Waals surface area contributed by atoms with E-state index in [9.17, 15) is 19.2 Å². The third-order valence-corrected chi connectivity index (χ3v) is 9.77. The molecule has 0 N–H and O–H groups in total. The van der Waals surface area contributed by atoms with E-state index >= 15 is 0 Å². The Labute approximate surface area is 281 Å². The van der Waals surface area contributed by atoms with Crippen LogP contribution in [-0.4, -0.2) is 56.0 Å². The lowest BCUT2D eigenvalue weighted by molar-refractivity contribution is -0.160. The van der Waals surface area contributed by atoms with Crippen LogP contribution >= 0.6 is 11.3 Å². The zero-order chi connectivity index (χ0) is 33.8. The maximum absolute atomic E-state index is 14.2. The van der Waals surface area contributed by atoms with Crippen molar-refractivity contribution < 1.29 is 33.4 Å². The molecular formula is C38H32N2O7S. The van der Waals surface area contributed by atoms with Crippen molar-refractivity contribution in [2.75, 3.05) is 26.2 Å². The van der Waals surface area contributed by atoms with Gasteiger partial charge in [0.2, 0.25) is 5.78 Å². The van der Waals surface area contributed by atoms with Gasteiger partial charge in [-0.1, -0.05) is 133 Å². The zero-order valence-corrected chi connectivity index (χ0v) is 27.3. The summed E-state index contributed by atoms with van der Waals surface area (Å²) in [5, 5.41) is 0.219. The Hall–Kier alpha value is -5.61. The van der Waals surface area contributed by atoms with Crippen molar-refractivity contribution in [2.45, 2.75) is 11.6 Å². The Morgan fingerprint density at radius 3 is 1.62 bits per heavy atom. The molecule has 1 aromatic heterocycles. The minimum Gasteiger partial charge on any atom is -0.469 e. The monoisotopic (exact) mass is 660 g/mol. The van der Waals surface area contributed by atoms with Gasteiger partial charge in [-0.05, 0) is 11.1 Å². The number of hydrogen-bond donors (Lipinski definition) is 0. The smallest absolute Gasteiger partial charge is 0.329 e. The molecule has 3 atom stereocenters. The molecule has 1 aliphatic rings. The largest absolute Gasteiger partial charge is 0.469 e. The summed E-state index contributed by atoms with van der Waals surface area (Å²) in [4.78, 5) is 63.3. The van der Waals surface area contributed by atoms with E-state index in [1.807, 2.05) is 97.1 Å². The first-order valence-electron chi connectivity index (χ1n) is 15.2. The van der Waals surface area contributed by atoms with Crippen molar-refractivity contribution >= 4 is 40.2 Å². The van der Waals surface area contributed by atoms with Gasteiger partial charge < -0.3 is 19.1 Å². The van der Waals surface area contributed by atoms with E-state index in [0.717, 1.165) is 11.3 Å². The highest BCUT2D eigenvalue weighted by atomic mass is 32.1. The summed E-state index contributed by atoms with van der Waals surface area (Å²) < 4.78 is 16.0. The molecule has 48 heavy (non-hydrogen) atoms. The molecule has 1 saturated heterocycles. The second kappa shape index (κ2) is 13.6. The second-order valence-electron chi connectivity index (χ2n) is 11.1. The highest BCUT2D eigenvalue weighted by molar-refractivity contribution is 7.18. The molecule has 5 aromatic rings. The summed E-state index contributed by atoms with van der Waals surface area (Å²) in [6.07, 6.45) is 0. The van der Waals surface area contributed by atoms with Crippen LogP contribution in [0, 0.1) is 11.8 Å². The van der Waals surface area contributed by atoms with Crippen molar-refractivity contribution in [3.05, 3.63) is 143 Å². The Balaban J connectivity index is 1.75. The number of benzene rings is 4. The molecule has 9 nitrogen and oxygen atoms in total. The molecule has 10 heteroatoms. The van der Waals surface area contributed by atoms with Gasteiger partial charge >= 0.3 is 17.9 Å².